The number of aliphatic carboxylic acids is 1. The van der Waals surface area contributed by atoms with Gasteiger partial charge in [-0.3, -0.25) is 9.36 Å². The van der Waals surface area contributed by atoms with Crippen molar-refractivity contribution in [2.24, 2.45) is 0 Å². The van der Waals surface area contributed by atoms with E-state index < -0.39 is 32.0 Å². The number of fused-ring (bicyclic) bond motifs is 2. The first kappa shape index (κ1) is 34.8. The van der Waals surface area contributed by atoms with Gasteiger partial charge in [-0.2, -0.15) is 4.58 Å². The van der Waals surface area contributed by atoms with Crippen molar-refractivity contribution in [3.8, 4) is 0 Å². The average Bonchev–Trinajstić information content (AvgIpc) is 3.29. The molecule has 0 aromatic heterocycles. The minimum atomic E-state index is -4.64. The summed E-state index contributed by atoms with van der Waals surface area (Å²) in [5.41, 5.74) is 4.27. The van der Waals surface area contributed by atoms with Gasteiger partial charge in [0, 0.05) is 59.2 Å². The minimum absolute atomic E-state index is 0.0303. The summed E-state index contributed by atoms with van der Waals surface area (Å²) in [6.07, 6.45) is 11.9. The fourth-order valence-corrected chi connectivity index (χ4v) is 7.47. The van der Waals surface area contributed by atoms with Gasteiger partial charge in [0.1, 0.15) is 6.54 Å². The quantitative estimate of drug-likeness (QED) is 0.112. The van der Waals surface area contributed by atoms with Crippen LogP contribution in [0.4, 0.5) is 11.4 Å². The molecule has 0 aliphatic carbocycles. The van der Waals surface area contributed by atoms with E-state index in [9.17, 15) is 33.5 Å². The van der Waals surface area contributed by atoms with Crippen molar-refractivity contribution in [1.82, 2.24) is 0 Å². The van der Waals surface area contributed by atoms with Crippen LogP contribution in [-0.4, -0.2) is 49.1 Å². The van der Waals surface area contributed by atoms with Crippen LogP contribution in [0.15, 0.2) is 72.5 Å². The van der Waals surface area contributed by atoms with Crippen molar-refractivity contribution in [3.63, 3.8) is 0 Å². The number of anilines is 1. The summed E-state index contributed by atoms with van der Waals surface area (Å²) in [6.45, 7) is 11.4. The second-order valence-corrected chi connectivity index (χ2v) is 15.7. The van der Waals surface area contributed by atoms with Crippen LogP contribution in [0.3, 0.4) is 0 Å². The highest BCUT2D eigenvalue weighted by atomic mass is 31.2. The maximum atomic E-state index is 12.0. The first-order chi connectivity index (χ1) is 20.9. The lowest BCUT2D eigenvalue weighted by molar-refractivity contribution is -0.438. The van der Waals surface area contributed by atoms with E-state index in [0.29, 0.717) is 19.5 Å². The van der Waals surface area contributed by atoms with Crippen LogP contribution in [0.25, 0.3) is 0 Å². The largest absolute Gasteiger partial charge is 0.775 e. The van der Waals surface area contributed by atoms with Crippen molar-refractivity contribution in [3.05, 3.63) is 83.6 Å². The maximum absolute atomic E-state index is 12.0. The van der Waals surface area contributed by atoms with Crippen LogP contribution in [0, 0.1) is 0 Å². The Morgan fingerprint density at radius 3 is 2.20 bits per heavy atom. The van der Waals surface area contributed by atoms with Crippen molar-refractivity contribution in [2.75, 3.05) is 18.0 Å². The predicted molar refractivity (Wildman–Crippen MR) is 175 cm³/mol. The number of nitrogens with zero attached hydrogens (tertiary/aromatic N) is 2. The Balaban J connectivity index is 1.64. The van der Waals surface area contributed by atoms with Crippen molar-refractivity contribution in [2.45, 2.75) is 71.1 Å². The molecule has 2 aromatic rings. The number of carboxylic acid groups (broad SMARTS) is 1. The summed E-state index contributed by atoms with van der Waals surface area (Å²) in [4.78, 5) is 54.1. The lowest BCUT2D eigenvalue weighted by Gasteiger charge is -2.25. The first-order valence-electron chi connectivity index (χ1n) is 15.0. The van der Waals surface area contributed by atoms with Crippen LogP contribution in [0.5, 0.6) is 0 Å². The van der Waals surface area contributed by atoms with E-state index in [4.69, 9.17) is 5.11 Å². The van der Waals surface area contributed by atoms with Gasteiger partial charge in [0.15, 0.2) is 13.3 Å². The zero-order valence-corrected chi connectivity index (χ0v) is 28.1. The fourth-order valence-electron chi connectivity index (χ4n) is 6.35. The first-order valence-corrected chi connectivity index (χ1v) is 18.2. The predicted octanol–water partition coefficient (Wildman–Crippen LogP) is 4.50. The molecule has 4 rings (SSSR count). The van der Waals surface area contributed by atoms with E-state index in [1.807, 2.05) is 65.0 Å². The third-order valence-electron chi connectivity index (χ3n) is 8.73. The summed E-state index contributed by atoms with van der Waals surface area (Å²) >= 11 is 0. The molecule has 1 unspecified atom stereocenters. The molecule has 0 saturated heterocycles. The van der Waals surface area contributed by atoms with Gasteiger partial charge in [0.25, 0.3) is 0 Å². The van der Waals surface area contributed by atoms with E-state index in [1.165, 1.54) is 12.1 Å². The van der Waals surface area contributed by atoms with Crippen molar-refractivity contribution < 1.29 is 43.2 Å². The summed E-state index contributed by atoms with van der Waals surface area (Å²) in [5.74, 6) is -0.820. The molecule has 12 heteroatoms. The van der Waals surface area contributed by atoms with Crippen LogP contribution in [-0.2, 0) is 24.8 Å². The Kier molecular flexibility index (Phi) is 10.0. The molecule has 242 valence electrons. The standard InChI is InChI=1S/C33H42N2O8P2/c1-6-34-27-18-16-23(44(38,39)40)21-25(27)32(2,3)29(34)13-9-7-10-14-30-33(4,5)26-22-24(45(41,42)43)17-19-28(26)35(30)20-12-8-11-15-31(36)37/h7,9-10,13-14,16-19,21-22H,6,8,11-12,15,20H2,1-5H3,(H4-,36,37,38,39,40,41,42,43). The third kappa shape index (κ3) is 7.17. The van der Waals surface area contributed by atoms with Gasteiger partial charge in [0.2, 0.25) is 5.69 Å². The molecule has 0 amide bonds. The van der Waals surface area contributed by atoms with E-state index in [-0.39, 0.29) is 17.0 Å². The molecular formula is C33H42N2O8P2. The Labute approximate surface area is 264 Å². The SMILES string of the molecule is CCN1/C(=C/C=C/C=C/C2=[N+](CCCCCC(=O)O)c3ccc(P(=O)(O)O)cc3C2(C)C)C(C)(C)c2cc(P(=O)([O-])O)ccc21. The number of carboxylic acids is 1. The second kappa shape index (κ2) is 13.0. The number of benzene rings is 2. The highest BCUT2D eigenvalue weighted by Crippen LogP contribution is 2.48. The maximum Gasteiger partial charge on any atom is 0.356 e. The zero-order valence-electron chi connectivity index (χ0n) is 26.3. The lowest BCUT2D eigenvalue weighted by Crippen LogP contribution is -2.28. The highest BCUT2D eigenvalue weighted by molar-refractivity contribution is 7.60. The molecule has 4 N–H and O–H groups in total. The molecule has 0 saturated carbocycles. The molecule has 2 aromatic carbocycles. The Morgan fingerprint density at radius 1 is 0.911 bits per heavy atom. The number of hydrogen-bond acceptors (Lipinski definition) is 5. The molecule has 10 nitrogen and oxygen atoms in total. The molecule has 0 fully saturated rings. The fraction of sp³-hybridized carbons (Fsp3) is 0.394. The molecule has 2 heterocycles. The van der Waals surface area contributed by atoms with Gasteiger partial charge in [-0.05, 0) is 75.6 Å². The molecule has 0 spiro atoms. The Morgan fingerprint density at radius 2 is 1.58 bits per heavy atom. The van der Waals surface area contributed by atoms with E-state index in [1.54, 1.807) is 24.3 Å². The van der Waals surface area contributed by atoms with Gasteiger partial charge in [-0.15, -0.1) is 0 Å². The highest BCUT2D eigenvalue weighted by Gasteiger charge is 2.45. The molecule has 2 aliphatic heterocycles. The second-order valence-electron chi connectivity index (χ2n) is 12.5. The summed E-state index contributed by atoms with van der Waals surface area (Å²) in [6, 6.07) is 9.49. The van der Waals surface area contributed by atoms with E-state index >= 15 is 0 Å². The molecule has 45 heavy (non-hydrogen) atoms. The number of unbranched alkanes of at least 4 members (excludes halogenated alkanes) is 2. The molecule has 0 radical (unpaired) electrons. The summed E-state index contributed by atoms with van der Waals surface area (Å²) < 4.78 is 26.0. The van der Waals surface area contributed by atoms with E-state index in [2.05, 4.69) is 9.48 Å². The number of rotatable bonds is 12. The zero-order chi connectivity index (χ0) is 33.4. The third-order valence-corrected chi connectivity index (χ3v) is 10.6. The van der Waals surface area contributed by atoms with E-state index in [0.717, 1.165) is 46.8 Å². The smallest absolute Gasteiger partial charge is 0.356 e. The summed E-state index contributed by atoms with van der Waals surface area (Å²) in [7, 11) is -9.08. The van der Waals surface area contributed by atoms with Gasteiger partial charge < -0.3 is 34.1 Å². The normalized spacial score (nSPS) is 19.5. The van der Waals surface area contributed by atoms with Crippen LogP contribution < -0.4 is 20.4 Å². The van der Waals surface area contributed by atoms with Crippen LogP contribution in [0.2, 0.25) is 0 Å². The minimum Gasteiger partial charge on any atom is -0.775 e. The Bertz CT molecular complexity index is 1710. The van der Waals surface area contributed by atoms with Crippen LogP contribution in [0.1, 0.15) is 71.4 Å². The molecular weight excluding hydrogens is 614 g/mol. The number of allylic oxidation sites excluding steroid dienone is 6. The Hall–Kier alpha value is -3.10. The number of carbonyl (C=O) groups is 1. The number of hydrogen-bond donors (Lipinski definition) is 4. The molecule has 1 atom stereocenters. The molecule has 0 bridgehead atoms. The lowest BCUT2D eigenvalue weighted by atomic mass is 9.81. The van der Waals surface area contributed by atoms with Crippen molar-refractivity contribution >= 4 is 48.9 Å². The van der Waals surface area contributed by atoms with Gasteiger partial charge in [-0.1, -0.05) is 32.1 Å². The molecule has 2 aliphatic rings. The van der Waals surface area contributed by atoms with Crippen LogP contribution >= 0.6 is 15.2 Å². The topological polar surface area (TPSA) is 161 Å². The monoisotopic (exact) mass is 656 g/mol. The van der Waals surface area contributed by atoms with Gasteiger partial charge >= 0.3 is 13.6 Å². The van der Waals surface area contributed by atoms with Gasteiger partial charge in [-0.25, -0.2) is 0 Å². The van der Waals surface area contributed by atoms with Gasteiger partial charge in [0.05, 0.1) is 10.7 Å². The average molecular weight is 657 g/mol. The summed E-state index contributed by atoms with van der Waals surface area (Å²) in [5, 5.41) is 8.84. The number of likely N-dealkylation sites (N-methyl/N-ethyl adjacent to an activating group) is 1. The van der Waals surface area contributed by atoms with Crippen molar-refractivity contribution in [1.29, 1.82) is 0 Å².